The number of hydrogen-bond acceptors (Lipinski definition) is 4. The zero-order valence-corrected chi connectivity index (χ0v) is 12.8. The van der Waals surface area contributed by atoms with E-state index < -0.39 is 11.9 Å². The third-order valence-electron chi connectivity index (χ3n) is 3.55. The van der Waals surface area contributed by atoms with Gasteiger partial charge in [-0.15, -0.1) is 11.8 Å². The molecule has 1 saturated heterocycles. The zero-order chi connectivity index (χ0) is 15.2. The van der Waals surface area contributed by atoms with Crippen molar-refractivity contribution in [3.63, 3.8) is 0 Å². The summed E-state index contributed by atoms with van der Waals surface area (Å²) in [7, 11) is 1.61. The first-order chi connectivity index (χ1) is 10.1. The van der Waals surface area contributed by atoms with E-state index in [1.807, 2.05) is 24.3 Å². The van der Waals surface area contributed by atoms with Gasteiger partial charge in [0.05, 0.1) is 18.8 Å². The Balaban J connectivity index is 1.84. The van der Waals surface area contributed by atoms with Crippen LogP contribution in [0.25, 0.3) is 0 Å². The predicted octanol–water partition coefficient (Wildman–Crippen LogP) is 2.11. The van der Waals surface area contributed by atoms with Crippen molar-refractivity contribution in [2.24, 2.45) is 5.92 Å². The number of thioether (sulfide) groups is 1. The summed E-state index contributed by atoms with van der Waals surface area (Å²) >= 11 is 1.46. The largest absolute Gasteiger partial charge is 0.497 e. The van der Waals surface area contributed by atoms with E-state index >= 15 is 0 Å². The topological polar surface area (TPSA) is 66.8 Å². The molecule has 1 aromatic rings. The van der Waals surface area contributed by atoms with Crippen molar-refractivity contribution in [1.29, 1.82) is 0 Å². The minimum Gasteiger partial charge on any atom is -0.497 e. The van der Waals surface area contributed by atoms with Crippen molar-refractivity contribution in [3.8, 4) is 5.75 Å². The number of carbonyl (C=O) groups excluding carboxylic acids is 1. The van der Waals surface area contributed by atoms with E-state index in [4.69, 9.17) is 9.84 Å². The van der Waals surface area contributed by atoms with Gasteiger partial charge >= 0.3 is 5.97 Å². The van der Waals surface area contributed by atoms with Gasteiger partial charge in [-0.05, 0) is 37.1 Å². The van der Waals surface area contributed by atoms with Crippen LogP contribution < -0.4 is 4.74 Å². The number of amides is 1. The average molecular weight is 309 g/mol. The first-order valence-corrected chi connectivity index (χ1v) is 7.86. The molecule has 1 aliphatic rings. The standard InChI is InChI=1S/C15H19NO4S/c1-20-12-4-6-13(7-5-12)21-10-14(17)16-8-2-3-11(9-16)15(18)19/h4-7,11H,2-3,8-10H2,1H3,(H,18,19)/t11-/m1/s1. The minimum absolute atomic E-state index is 0.00164. The molecule has 0 aromatic heterocycles. The number of ether oxygens (including phenoxy) is 1. The number of carboxylic acid groups (broad SMARTS) is 1. The normalized spacial score (nSPS) is 18.3. The summed E-state index contributed by atoms with van der Waals surface area (Å²) < 4.78 is 5.08. The molecular formula is C15H19NO4S. The van der Waals surface area contributed by atoms with E-state index in [0.717, 1.165) is 17.1 Å². The molecular weight excluding hydrogens is 290 g/mol. The van der Waals surface area contributed by atoms with Gasteiger partial charge in [0.1, 0.15) is 5.75 Å². The number of rotatable bonds is 5. The van der Waals surface area contributed by atoms with Crippen LogP contribution in [0.5, 0.6) is 5.75 Å². The fraction of sp³-hybridized carbons (Fsp3) is 0.467. The maximum absolute atomic E-state index is 12.2. The lowest BCUT2D eigenvalue weighted by Gasteiger charge is -2.30. The van der Waals surface area contributed by atoms with Crippen LogP contribution in [0, 0.1) is 5.92 Å². The Labute approximate surface area is 128 Å². The van der Waals surface area contributed by atoms with Crippen LogP contribution in [0.1, 0.15) is 12.8 Å². The van der Waals surface area contributed by atoms with Crippen LogP contribution in [-0.2, 0) is 9.59 Å². The Hall–Kier alpha value is -1.69. The van der Waals surface area contributed by atoms with Gasteiger partial charge in [0.2, 0.25) is 5.91 Å². The van der Waals surface area contributed by atoms with Gasteiger partial charge in [0.15, 0.2) is 0 Å². The minimum atomic E-state index is -0.810. The molecule has 1 aromatic carbocycles. The molecule has 0 bridgehead atoms. The molecule has 1 amide bonds. The second-order valence-corrected chi connectivity index (χ2v) is 6.03. The Morgan fingerprint density at radius 2 is 2.10 bits per heavy atom. The maximum atomic E-state index is 12.2. The fourth-order valence-corrected chi connectivity index (χ4v) is 3.11. The Morgan fingerprint density at radius 3 is 2.71 bits per heavy atom. The molecule has 0 unspecified atom stereocenters. The van der Waals surface area contributed by atoms with E-state index in [1.165, 1.54) is 11.8 Å². The molecule has 0 radical (unpaired) electrons. The Morgan fingerprint density at radius 1 is 1.38 bits per heavy atom. The van der Waals surface area contributed by atoms with E-state index in [0.29, 0.717) is 25.3 Å². The zero-order valence-electron chi connectivity index (χ0n) is 11.9. The first-order valence-electron chi connectivity index (χ1n) is 6.87. The number of methoxy groups -OCH3 is 1. The molecule has 1 heterocycles. The van der Waals surface area contributed by atoms with E-state index in [2.05, 4.69) is 0 Å². The summed E-state index contributed by atoms with van der Waals surface area (Å²) in [6, 6.07) is 7.53. The number of piperidine rings is 1. The van der Waals surface area contributed by atoms with Crippen molar-refractivity contribution in [3.05, 3.63) is 24.3 Å². The van der Waals surface area contributed by atoms with Crippen molar-refractivity contribution in [2.45, 2.75) is 17.7 Å². The maximum Gasteiger partial charge on any atom is 0.308 e. The third kappa shape index (κ3) is 4.39. The molecule has 1 N–H and O–H groups in total. The monoisotopic (exact) mass is 309 g/mol. The van der Waals surface area contributed by atoms with Crippen LogP contribution in [0.2, 0.25) is 0 Å². The molecule has 21 heavy (non-hydrogen) atoms. The molecule has 1 aliphatic heterocycles. The third-order valence-corrected chi connectivity index (χ3v) is 4.54. The number of hydrogen-bond donors (Lipinski definition) is 1. The second-order valence-electron chi connectivity index (χ2n) is 4.98. The summed E-state index contributed by atoms with van der Waals surface area (Å²) in [5, 5.41) is 9.04. The van der Waals surface area contributed by atoms with Crippen LogP contribution in [0.4, 0.5) is 0 Å². The lowest BCUT2D eigenvalue weighted by atomic mass is 9.98. The van der Waals surface area contributed by atoms with Crippen LogP contribution in [0.3, 0.4) is 0 Å². The summed E-state index contributed by atoms with van der Waals surface area (Å²) in [6.07, 6.45) is 1.42. The highest BCUT2D eigenvalue weighted by atomic mass is 32.2. The fourth-order valence-electron chi connectivity index (χ4n) is 2.31. The summed E-state index contributed by atoms with van der Waals surface area (Å²) in [4.78, 5) is 25.8. The molecule has 0 aliphatic carbocycles. The van der Waals surface area contributed by atoms with Gasteiger partial charge < -0.3 is 14.7 Å². The smallest absolute Gasteiger partial charge is 0.308 e. The first kappa shape index (κ1) is 15.7. The molecule has 0 saturated carbocycles. The summed E-state index contributed by atoms with van der Waals surface area (Å²) in [5.74, 6) is -0.115. The predicted molar refractivity (Wildman–Crippen MR) is 80.7 cm³/mol. The molecule has 1 atom stereocenters. The SMILES string of the molecule is COc1ccc(SCC(=O)N2CCC[C@@H](C(=O)O)C2)cc1. The lowest BCUT2D eigenvalue weighted by Crippen LogP contribution is -2.43. The highest BCUT2D eigenvalue weighted by Gasteiger charge is 2.27. The van der Waals surface area contributed by atoms with Gasteiger partial charge in [-0.3, -0.25) is 9.59 Å². The average Bonchev–Trinajstić information content (AvgIpc) is 2.53. The molecule has 0 spiro atoms. The highest BCUT2D eigenvalue weighted by Crippen LogP contribution is 2.23. The second kappa shape index (κ2) is 7.36. The van der Waals surface area contributed by atoms with Crippen molar-refractivity contribution < 1.29 is 19.4 Å². The van der Waals surface area contributed by atoms with Crippen LogP contribution in [0.15, 0.2) is 29.2 Å². The highest BCUT2D eigenvalue weighted by molar-refractivity contribution is 8.00. The summed E-state index contributed by atoms with van der Waals surface area (Å²) in [5.41, 5.74) is 0. The number of likely N-dealkylation sites (tertiary alicyclic amines) is 1. The molecule has 2 rings (SSSR count). The van der Waals surface area contributed by atoms with Gasteiger partial charge in [-0.2, -0.15) is 0 Å². The van der Waals surface area contributed by atoms with E-state index in [1.54, 1.807) is 12.0 Å². The molecule has 114 valence electrons. The summed E-state index contributed by atoms with van der Waals surface area (Å²) in [6.45, 7) is 0.989. The number of nitrogens with zero attached hydrogens (tertiary/aromatic N) is 1. The quantitative estimate of drug-likeness (QED) is 0.844. The number of carboxylic acids is 1. The van der Waals surface area contributed by atoms with Gasteiger partial charge in [0.25, 0.3) is 0 Å². The van der Waals surface area contributed by atoms with Gasteiger partial charge in [-0.25, -0.2) is 0 Å². The lowest BCUT2D eigenvalue weighted by molar-refractivity contribution is -0.145. The Bertz CT molecular complexity index is 503. The molecule has 5 nitrogen and oxygen atoms in total. The van der Waals surface area contributed by atoms with E-state index in [-0.39, 0.29) is 5.91 Å². The van der Waals surface area contributed by atoms with Crippen LogP contribution in [-0.4, -0.2) is 47.8 Å². The number of carbonyl (C=O) groups is 2. The van der Waals surface area contributed by atoms with Crippen molar-refractivity contribution >= 4 is 23.6 Å². The van der Waals surface area contributed by atoms with Crippen molar-refractivity contribution in [2.75, 3.05) is 26.0 Å². The number of aliphatic carboxylic acids is 1. The van der Waals surface area contributed by atoms with Crippen molar-refractivity contribution in [1.82, 2.24) is 4.90 Å². The molecule has 6 heteroatoms. The van der Waals surface area contributed by atoms with E-state index in [9.17, 15) is 9.59 Å². The van der Waals surface area contributed by atoms with Gasteiger partial charge in [-0.1, -0.05) is 0 Å². The van der Waals surface area contributed by atoms with Gasteiger partial charge in [0, 0.05) is 18.0 Å². The molecule has 1 fully saturated rings. The Kier molecular flexibility index (Phi) is 5.50. The number of benzene rings is 1. The van der Waals surface area contributed by atoms with Crippen LogP contribution >= 0.6 is 11.8 Å².